The van der Waals surface area contributed by atoms with E-state index in [1.807, 2.05) is 60.5 Å². The highest BCUT2D eigenvalue weighted by Gasteiger charge is 2.31. The Morgan fingerprint density at radius 3 is 2.62 bits per heavy atom. The number of carbonyl (C=O) groups excluding carboxylic acids is 1. The maximum absolute atomic E-state index is 12.4. The molecule has 1 fully saturated rings. The maximum atomic E-state index is 12.4. The highest BCUT2D eigenvalue weighted by molar-refractivity contribution is 14.0. The average molecular weight is 504 g/mol. The largest absolute Gasteiger partial charge is 0.351 e. The van der Waals surface area contributed by atoms with Gasteiger partial charge in [0.05, 0.1) is 23.6 Å². The molecule has 1 unspecified atom stereocenters. The zero-order valence-electron chi connectivity index (χ0n) is 16.5. The van der Waals surface area contributed by atoms with E-state index in [0.29, 0.717) is 25.5 Å². The maximum Gasteiger partial charge on any atom is 0.229 e. The quantitative estimate of drug-likeness (QED) is 0.326. The van der Waals surface area contributed by atoms with Gasteiger partial charge in [0.15, 0.2) is 5.96 Å². The molecule has 2 aromatic carbocycles. The molecular weight excluding hydrogens is 479 g/mol. The number of hydrogen-bond donors (Lipinski definition) is 2. The molecule has 0 spiro atoms. The second-order valence-corrected chi connectivity index (χ2v) is 6.89. The number of carbonyl (C=O) groups is 1. The van der Waals surface area contributed by atoms with E-state index in [1.165, 1.54) is 0 Å². The molecule has 0 saturated carbocycles. The first kappa shape index (κ1) is 21.1. The number of nitrogens with one attached hydrogen (secondary N) is 2. The molecule has 8 heteroatoms. The van der Waals surface area contributed by atoms with Crippen molar-refractivity contribution >= 4 is 52.6 Å². The van der Waals surface area contributed by atoms with Gasteiger partial charge in [0.2, 0.25) is 5.91 Å². The summed E-state index contributed by atoms with van der Waals surface area (Å²) >= 11 is 0. The molecule has 29 heavy (non-hydrogen) atoms. The van der Waals surface area contributed by atoms with Gasteiger partial charge in [-0.25, -0.2) is 4.98 Å². The van der Waals surface area contributed by atoms with E-state index < -0.39 is 0 Å². The van der Waals surface area contributed by atoms with Crippen molar-refractivity contribution in [1.82, 2.24) is 20.2 Å². The van der Waals surface area contributed by atoms with E-state index in [4.69, 9.17) is 0 Å². The number of guanidine groups is 1. The van der Waals surface area contributed by atoms with Gasteiger partial charge in [-0.05, 0) is 24.3 Å². The number of rotatable bonds is 4. The monoisotopic (exact) mass is 504 g/mol. The van der Waals surface area contributed by atoms with Gasteiger partial charge in [0, 0.05) is 32.7 Å². The van der Waals surface area contributed by atoms with Crippen molar-refractivity contribution in [3.63, 3.8) is 0 Å². The fourth-order valence-electron chi connectivity index (χ4n) is 3.57. The molecule has 1 aliphatic heterocycles. The smallest absolute Gasteiger partial charge is 0.229 e. The Kier molecular flexibility index (Phi) is 6.73. The summed E-state index contributed by atoms with van der Waals surface area (Å²) in [6.07, 6.45) is 0.446. The molecule has 152 valence electrons. The van der Waals surface area contributed by atoms with Crippen molar-refractivity contribution < 1.29 is 4.79 Å². The molecule has 2 heterocycles. The summed E-state index contributed by atoms with van der Waals surface area (Å²) < 4.78 is 2.08. The van der Waals surface area contributed by atoms with Gasteiger partial charge in [0.1, 0.15) is 5.82 Å². The van der Waals surface area contributed by atoms with Gasteiger partial charge in [-0.1, -0.05) is 30.3 Å². The molecule has 2 N–H and O–H groups in total. The fraction of sp³-hybridized carbons (Fsp3) is 0.286. The van der Waals surface area contributed by atoms with Crippen LogP contribution in [-0.2, 0) is 18.4 Å². The molecule has 1 saturated heterocycles. The van der Waals surface area contributed by atoms with Crippen LogP contribution in [0.2, 0.25) is 0 Å². The predicted molar refractivity (Wildman–Crippen MR) is 127 cm³/mol. The summed E-state index contributed by atoms with van der Waals surface area (Å²) in [4.78, 5) is 23.2. The minimum Gasteiger partial charge on any atom is -0.351 e. The second-order valence-electron chi connectivity index (χ2n) is 6.89. The van der Waals surface area contributed by atoms with Crippen LogP contribution in [0.4, 0.5) is 5.69 Å². The summed E-state index contributed by atoms with van der Waals surface area (Å²) in [7, 11) is 3.74. The Morgan fingerprint density at radius 1 is 1.17 bits per heavy atom. The average Bonchev–Trinajstić information content (AvgIpc) is 3.25. The fourth-order valence-corrected chi connectivity index (χ4v) is 3.57. The standard InChI is InChI=1S/C21H24N6O.HI/c1-22-21(23-13-19-25-17-10-6-7-11-18(17)26(19)2)24-15-12-20(28)27(14-15)16-8-4-3-5-9-16;/h3-11,15H,12-14H2,1-2H3,(H2,22,23,24);1H. The number of amides is 1. The van der Waals surface area contributed by atoms with Crippen molar-refractivity contribution in [3.8, 4) is 0 Å². The Hall–Kier alpha value is -2.62. The lowest BCUT2D eigenvalue weighted by Gasteiger charge is -2.19. The van der Waals surface area contributed by atoms with Crippen LogP contribution in [0.25, 0.3) is 11.0 Å². The summed E-state index contributed by atoms with van der Waals surface area (Å²) in [6, 6.07) is 17.8. The Bertz CT molecular complexity index is 1020. The van der Waals surface area contributed by atoms with Gasteiger partial charge in [-0.2, -0.15) is 0 Å². The normalized spacial score (nSPS) is 16.8. The van der Waals surface area contributed by atoms with Crippen molar-refractivity contribution in [2.45, 2.75) is 19.0 Å². The van der Waals surface area contributed by atoms with Crippen LogP contribution in [-0.4, -0.2) is 41.1 Å². The molecule has 0 bridgehead atoms. The molecule has 0 radical (unpaired) electrons. The van der Waals surface area contributed by atoms with E-state index in [0.717, 1.165) is 22.5 Å². The first-order valence-electron chi connectivity index (χ1n) is 9.38. The number of hydrogen-bond acceptors (Lipinski definition) is 3. The number of nitrogens with zero attached hydrogens (tertiary/aromatic N) is 4. The number of halogens is 1. The predicted octanol–water partition coefficient (Wildman–Crippen LogP) is 2.66. The zero-order chi connectivity index (χ0) is 19.5. The molecule has 1 aromatic heterocycles. The number of fused-ring (bicyclic) bond motifs is 1. The highest BCUT2D eigenvalue weighted by atomic mass is 127. The second kappa shape index (κ2) is 9.25. The van der Waals surface area contributed by atoms with Gasteiger partial charge in [-0.15, -0.1) is 24.0 Å². The number of aryl methyl sites for hydroxylation is 1. The first-order chi connectivity index (χ1) is 13.7. The topological polar surface area (TPSA) is 74.5 Å². The third kappa shape index (κ3) is 4.52. The molecule has 1 aliphatic rings. The first-order valence-corrected chi connectivity index (χ1v) is 9.38. The molecular formula is C21H25IN6O. The van der Waals surface area contributed by atoms with Crippen molar-refractivity contribution in [2.24, 2.45) is 12.0 Å². The molecule has 1 atom stereocenters. The lowest BCUT2D eigenvalue weighted by atomic mass is 10.2. The van der Waals surface area contributed by atoms with Crippen LogP contribution in [0.1, 0.15) is 12.2 Å². The van der Waals surface area contributed by atoms with Gasteiger partial charge in [-0.3, -0.25) is 9.79 Å². The highest BCUT2D eigenvalue weighted by Crippen LogP contribution is 2.21. The molecule has 0 aliphatic carbocycles. The van der Waals surface area contributed by atoms with Crippen LogP contribution in [0.5, 0.6) is 0 Å². The summed E-state index contributed by atoms with van der Waals surface area (Å²) in [5.74, 6) is 1.71. The van der Waals surface area contributed by atoms with Crippen LogP contribution >= 0.6 is 24.0 Å². The van der Waals surface area contributed by atoms with E-state index in [-0.39, 0.29) is 35.9 Å². The van der Waals surface area contributed by atoms with Crippen molar-refractivity contribution in [1.29, 1.82) is 0 Å². The minimum atomic E-state index is 0. The lowest BCUT2D eigenvalue weighted by molar-refractivity contribution is -0.117. The van der Waals surface area contributed by atoms with Gasteiger partial charge >= 0.3 is 0 Å². The van der Waals surface area contributed by atoms with Crippen LogP contribution in [0, 0.1) is 0 Å². The van der Waals surface area contributed by atoms with E-state index in [9.17, 15) is 4.79 Å². The minimum absolute atomic E-state index is 0. The number of anilines is 1. The molecule has 3 aromatic rings. The SMILES string of the molecule is CN=C(NCc1nc2ccccc2n1C)NC1CC(=O)N(c2ccccc2)C1.I. The van der Waals surface area contributed by atoms with Crippen molar-refractivity contribution in [3.05, 3.63) is 60.4 Å². The summed E-state index contributed by atoms with van der Waals surface area (Å²) in [5, 5.41) is 6.67. The number of aliphatic imine (C=N–C) groups is 1. The zero-order valence-corrected chi connectivity index (χ0v) is 18.8. The summed E-state index contributed by atoms with van der Waals surface area (Å²) in [6.45, 7) is 1.17. The van der Waals surface area contributed by atoms with Crippen LogP contribution in [0.3, 0.4) is 0 Å². The Morgan fingerprint density at radius 2 is 1.90 bits per heavy atom. The third-order valence-corrected chi connectivity index (χ3v) is 5.05. The number of para-hydroxylation sites is 3. The van der Waals surface area contributed by atoms with Gasteiger partial charge < -0.3 is 20.1 Å². The Balaban J connectivity index is 0.00000240. The molecule has 7 nitrogen and oxygen atoms in total. The molecule has 4 rings (SSSR count). The van der Waals surface area contributed by atoms with Crippen LogP contribution in [0.15, 0.2) is 59.6 Å². The number of aromatic nitrogens is 2. The summed E-state index contributed by atoms with van der Waals surface area (Å²) in [5.41, 5.74) is 3.01. The lowest BCUT2D eigenvalue weighted by Crippen LogP contribution is -2.44. The number of benzene rings is 2. The Labute approximate surface area is 187 Å². The number of imidazole rings is 1. The van der Waals surface area contributed by atoms with Crippen LogP contribution < -0.4 is 15.5 Å². The molecule has 1 amide bonds. The van der Waals surface area contributed by atoms with Crippen molar-refractivity contribution in [2.75, 3.05) is 18.5 Å². The van der Waals surface area contributed by atoms with Gasteiger partial charge in [0.25, 0.3) is 0 Å². The van der Waals surface area contributed by atoms with E-state index in [2.05, 4.69) is 31.2 Å². The van der Waals surface area contributed by atoms with E-state index in [1.54, 1.807) is 7.05 Å². The van der Waals surface area contributed by atoms with E-state index >= 15 is 0 Å². The third-order valence-electron chi connectivity index (χ3n) is 5.05.